The lowest BCUT2D eigenvalue weighted by atomic mass is 9.87. The first kappa shape index (κ1) is 14.0. The van der Waals surface area contributed by atoms with Gasteiger partial charge in [-0.05, 0) is 12.6 Å². The lowest BCUT2D eigenvalue weighted by molar-refractivity contribution is -0.149. The molecule has 0 aliphatic carbocycles. The first-order chi connectivity index (χ1) is 9.16. The topological polar surface area (TPSA) is 38.8 Å². The van der Waals surface area contributed by atoms with Gasteiger partial charge >= 0.3 is 5.97 Å². The van der Waals surface area contributed by atoms with Crippen molar-refractivity contribution < 1.29 is 14.3 Å². The molecular weight excluding hydrogens is 242 g/mol. The Kier molecular flexibility index (Phi) is 4.56. The van der Waals surface area contributed by atoms with E-state index in [2.05, 4.69) is 17.0 Å². The van der Waals surface area contributed by atoms with Gasteiger partial charge < -0.3 is 14.4 Å². The van der Waals surface area contributed by atoms with Crippen LogP contribution in [0.15, 0.2) is 30.3 Å². The molecule has 104 valence electrons. The van der Waals surface area contributed by atoms with Crippen molar-refractivity contribution in [2.75, 3.05) is 33.9 Å². The van der Waals surface area contributed by atoms with Crippen LogP contribution in [-0.2, 0) is 20.8 Å². The second-order valence-electron chi connectivity index (χ2n) is 5.26. The van der Waals surface area contributed by atoms with E-state index in [1.165, 1.54) is 5.56 Å². The Hall–Kier alpha value is -1.39. The van der Waals surface area contributed by atoms with E-state index >= 15 is 0 Å². The molecule has 4 nitrogen and oxygen atoms in total. The zero-order valence-corrected chi connectivity index (χ0v) is 11.6. The number of nitrogens with zero attached hydrogens (tertiary/aromatic N) is 1. The van der Waals surface area contributed by atoms with E-state index in [1.54, 1.807) is 7.11 Å². The highest BCUT2D eigenvalue weighted by molar-refractivity contribution is 5.79. The van der Waals surface area contributed by atoms with Crippen molar-refractivity contribution in [2.24, 2.45) is 5.41 Å². The molecular formula is C15H21NO3. The van der Waals surface area contributed by atoms with Crippen molar-refractivity contribution in [3.05, 3.63) is 35.9 Å². The fourth-order valence-electron chi connectivity index (χ4n) is 2.66. The van der Waals surface area contributed by atoms with Crippen LogP contribution in [0.4, 0.5) is 0 Å². The molecule has 1 saturated heterocycles. The highest BCUT2D eigenvalue weighted by atomic mass is 16.5. The molecule has 1 fully saturated rings. The molecule has 0 saturated carbocycles. The van der Waals surface area contributed by atoms with Gasteiger partial charge in [0.1, 0.15) is 5.41 Å². The molecule has 1 aromatic carbocycles. The summed E-state index contributed by atoms with van der Waals surface area (Å²) in [5.41, 5.74) is 0.738. The SMILES string of the molecule is COCC1(CN(C)Cc2ccccc2)CCOC1=O. The molecule has 0 amide bonds. The third-order valence-electron chi connectivity index (χ3n) is 3.54. The quantitative estimate of drug-likeness (QED) is 0.732. The molecule has 0 spiro atoms. The second-order valence-corrected chi connectivity index (χ2v) is 5.26. The average Bonchev–Trinajstić information content (AvgIpc) is 2.72. The molecule has 19 heavy (non-hydrogen) atoms. The van der Waals surface area contributed by atoms with E-state index in [9.17, 15) is 4.79 Å². The number of rotatable bonds is 6. The van der Waals surface area contributed by atoms with Crippen LogP contribution < -0.4 is 0 Å². The van der Waals surface area contributed by atoms with Crippen molar-refractivity contribution in [3.63, 3.8) is 0 Å². The fraction of sp³-hybridized carbons (Fsp3) is 0.533. The lowest BCUT2D eigenvalue weighted by Crippen LogP contribution is -2.42. The van der Waals surface area contributed by atoms with E-state index in [0.717, 1.165) is 13.0 Å². The number of hydrogen-bond acceptors (Lipinski definition) is 4. The molecule has 2 rings (SSSR count). The third-order valence-corrected chi connectivity index (χ3v) is 3.54. The highest BCUT2D eigenvalue weighted by Gasteiger charge is 2.45. The highest BCUT2D eigenvalue weighted by Crippen LogP contribution is 2.31. The fourth-order valence-corrected chi connectivity index (χ4v) is 2.66. The summed E-state index contributed by atoms with van der Waals surface area (Å²) < 4.78 is 10.4. The number of ether oxygens (including phenoxy) is 2. The molecule has 0 radical (unpaired) electrons. The zero-order chi connectivity index (χ0) is 13.7. The van der Waals surface area contributed by atoms with Crippen LogP contribution in [0.2, 0.25) is 0 Å². The Labute approximate surface area is 114 Å². The number of carbonyl (C=O) groups excluding carboxylic acids is 1. The van der Waals surface area contributed by atoms with E-state index in [4.69, 9.17) is 9.47 Å². The van der Waals surface area contributed by atoms with Gasteiger partial charge in [0, 0.05) is 26.6 Å². The smallest absolute Gasteiger partial charge is 0.315 e. The Morgan fingerprint density at radius 3 is 2.68 bits per heavy atom. The summed E-state index contributed by atoms with van der Waals surface area (Å²) in [5, 5.41) is 0. The van der Waals surface area contributed by atoms with Crippen LogP contribution in [0.1, 0.15) is 12.0 Å². The molecule has 0 aromatic heterocycles. The maximum Gasteiger partial charge on any atom is 0.315 e. The number of cyclic esters (lactones) is 1. The maximum absolute atomic E-state index is 11.9. The predicted molar refractivity (Wildman–Crippen MR) is 72.7 cm³/mol. The Morgan fingerprint density at radius 2 is 2.11 bits per heavy atom. The van der Waals surface area contributed by atoms with Gasteiger partial charge in [0.15, 0.2) is 0 Å². The van der Waals surface area contributed by atoms with E-state index in [-0.39, 0.29) is 5.97 Å². The zero-order valence-electron chi connectivity index (χ0n) is 11.6. The summed E-state index contributed by atoms with van der Waals surface area (Å²) in [6.45, 7) is 2.40. The number of carbonyl (C=O) groups is 1. The first-order valence-electron chi connectivity index (χ1n) is 6.55. The normalized spacial score (nSPS) is 22.8. The molecule has 0 bridgehead atoms. The van der Waals surface area contributed by atoms with Gasteiger partial charge in [-0.1, -0.05) is 30.3 Å². The molecule has 1 aromatic rings. The molecule has 4 heteroatoms. The third kappa shape index (κ3) is 3.33. The van der Waals surface area contributed by atoms with Crippen molar-refractivity contribution in [3.8, 4) is 0 Å². The molecule has 1 atom stereocenters. The van der Waals surface area contributed by atoms with Gasteiger partial charge in [-0.2, -0.15) is 0 Å². The van der Waals surface area contributed by atoms with Crippen molar-refractivity contribution in [1.82, 2.24) is 4.90 Å². The monoisotopic (exact) mass is 263 g/mol. The Bertz CT molecular complexity index is 421. The molecule has 1 heterocycles. The van der Waals surface area contributed by atoms with E-state index in [1.807, 2.05) is 25.2 Å². The summed E-state index contributed by atoms with van der Waals surface area (Å²) >= 11 is 0. The van der Waals surface area contributed by atoms with Gasteiger partial charge in [0.2, 0.25) is 0 Å². The minimum absolute atomic E-state index is 0.130. The molecule has 1 aliphatic rings. The minimum atomic E-state index is -0.502. The number of hydrogen-bond donors (Lipinski definition) is 0. The standard InChI is InChI=1S/C15H21NO3/c1-16(10-13-6-4-3-5-7-13)11-15(12-18-2)8-9-19-14(15)17/h3-7H,8-12H2,1-2H3. The Morgan fingerprint density at radius 1 is 1.37 bits per heavy atom. The van der Waals surface area contributed by atoms with Gasteiger partial charge in [-0.3, -0.25) is 4.79 Å². The van der Waals surface area contributed by atoms with Crippen LogP contribution in [0.3, 0.4) is 0 Å². The van der Waals surface area contributed by atoms with E-state index in [0.29, 0.717) is 19.8 Å². The second kappa shape index (κ2) is 6.17. The lowest BCUT2D eigenvalue weighted by Gasteiger charge is -2.29. The summed E-state index contributed by atoms with van der Waals surface area (Å²) in [6, 6.07) is 10.2. The predicted octanol–water partition coefficient (Wildman–Crippen LogP) is 1.70. The molecule has 1 unspecified atom stereocenters. The van der Waals surface area contributed by atoms with Crippen molar-refractivity contribution in [1.29, 1.82) is 0 Å². The van der Waals surface area contributed by atoms with Gasteiger partial charge in [-0.15, -0.1) is 0 Å². The average molecular weight is 263 g/mol. The summed E-state index contributed by atoms with van der Waals surface area (Å²) in [5.74, 6) is -0.130. The van der Waals surface area contributed by atoms with Gasteiger partial charge in [-0.25, -0.2) is 0 Å². The van der Waals surface area contributed by atoms with Gasteiger partial charge in [0.25, 0.3) is 0 Å². The van der Waals surface area contributed by atoms with Gasteiger partial charge in [0.05, 0.1) is 13.2 Å². The first-order valence-corrected chi connectivity index (χ1v) is 6.55. The maximum atomic E-state index is 11.9. The van der Waals surface area contributed by atoms with Crippen LogP contribution >= 0.6 is 0 Å². The number of methoxy groups -OCH3 is 1. The molecule has 0 N–H and O–H groups in total. The number of esters is 1. The Balaban J connectivity index is 1.99. The van der Waals surface area contributed by atoms with Crippen molar-refractivity contribution in [2.45, 2.75) is 13.0 Å². The molecule has 1 aliphatic heterocycles. The van der Waals surface area contributed by atoms with Crippen LogP contribution in [-0.4, -0.2) is 44.8 Å². The van der Waals surface area contributed by atoms with Crippen LogP contribution in [0.25, 0.3) is 0 Å². The summed E-state index contributed by atoms with van der Waals surface area (Å²) in [7, 11) is 3.65. The van der Waals surface area contributed by atoms with E-state index < -0.39 is 5.41 Å². The minimum Gasteiger partial charge on any atom is -0.465 e. The summed E-state index contributed by atoms with van der Waals surface area (Å²) in [4.78, 5) is 14.1. The number of benzene rings is 1. The van der Waals surface area contributed by atoms with Crippen LogP contribution in [0, 0.1) is 5.41 Å². The van der Waals surface area contributed by atoms with Crippen LogP contribution in [0.5, 0.6) is 0 Å². The summed E-state index contributed by atoms with van der Waals surface area (Å²) in [6.07, 6.45) is 0.735. The van der Waals surface area contributed by atoms with Crippen molar-refractivity contribution >= 4 is 5.97 Å². The largest absolute Gasteiger partial charge is 0.465 e.